The predicted octanol–water partition coefficient (Wildman–Crippen LogP) is 3.83. The quantitative estimate of drug-likeness (QED) is 0.848. The fourth-order valence-corrected chi connectivity index (χ4v) is 3.36. The molecule has 2 nitrogen and oxygen atoms in total. The Morgan fingerprint density at radius 1 is 1.15 bits per heavy atom. The van der Waals surface area contributed by atoms with Gasteiger partial charge in [0.1, 0.15) is 0 Å². The molecule has 1 atom stereocenters. The van der Waals surface area contributed by atoms with Crippen molar-refractivity contribution >= 4 is 0 Å². The molecule has 1 aliphatic rings. The molecule has 0 bridgehead atoms. The van der Waals surface area contributed by atoms with Crippen LogP contribution in [0.25, 0.3) is 0 Å². The Bertz CT molecular complexity index is 401. The summed E-state index contributed by atoms with van der Waals surface area (Å²) in [4.78, 5) is 2.54. The van der Waals surface area contributed by atoms with Crippen LogP contribution in [0.5, 0.6) is 0 Å². The van der Waals surface area contributed by atoms with Gasteiger partial charge < -0.3 is 10.2 Å². The second kappa shape index (κ2) is 7.24. The van der Waals surface area contributed by atoms with Crippen LogP contribution in [-0.4, -0.2) is 31.1 Å². The van der Waals surface area contributed by atoms with Gasteiger partial charge in [-0.05, 0) is 46.2 Å². The lowest BCUT2D eigenvalue weighted by molar-refractivity contribution is 0.243. The largest absolute Gasteiger partial charge is 0.309 e. The molecule has 0 amide bonds. The van der Waals surface area contributed by atoms with Crippen molar-refractivity contribution in [3.8, 4) is 0 Å². The maximum absolute atomic E-state index is 3.67. The van der Waals surface area contributed by atoms with E-state index < -0.39 is 0 Å². The van der Waals surface area contributed by atoms with Gasteiger partial charge in [0.15, 0.2) is 0 Å². The van der Waals surface area contributed by atoms with Crippen LogP contribution in [0.3, 0.4) is 0 Å². The smallest absolute Gasteiger partial charge is 0.0292 e. The number of nitrogens with one attached hydrogen (secondary N) is 1. The van der Waals surface area contributed by atoms with E-state index in [-0.39, 0.29) is 0 Å². The molecule has 1 unspecified atom stereocenters. The van der Waals surface area contributed by atoms with Crippen LogP contribution in [0.4, 0.5) is 0 Å². The molecule has 1 saturated carbocycles. The number of benzene rings is 1. The van der Waals surface area contributed by atoms with E-state index in [9.17, 15) is 0 Å². The van der Waals surface area contributed by atoms with Crippen LogP contribution in [0.1, 0.15) is 55.3 Å². The van der Waals surface area contributed by atoms with Crippen LogP contribution < -0.4 is 5.32 Å². The first-order chi connectivity index (χ1) is 9.56. The number of hydrogen-bond acceptors (Lipinski definition) is 2. The van der Waals surface area contributed by atoms with E-state index in [1.165, 1.54) is 42.4 Å². The summed E-state index contributed by atoms with van der Waals surface area (Å²) in [6.45, 7) is 8.85. The second-order valence-electron chi connectivity index (χ2n) is 6.52. The first-order valence-electron chi connectivity index (χ1n) is 8.08. The number of nitrogens with zero attached hydrogens (tertiary/aromatic N) is 1. The van der Waals surface area contributed by atoms with Crippen molar-refractivity contribution in [3.05, 3.63) is 34.9 Å². The van der Waals surface area contributed by atoms with E-state index >= 15 is 0 Å². The Kier molecular flexibility index (Phi) is 5.62. The Hall–Kier alpha value is -0.860. The van der Waals surface area contributed by atoms with Gasteiger partial charge in [0.25, 0.3) is 0 Å². The Morgan fingerprint density at radius 2 is 1.75 bits per heavy atom. The van der Waals surface area contributed by atoms with Crippen LogP contribution in [0, 0.1) is 13.8 Å². The van der Waals surface area contributed by atoms with Gasteiger partial charge in [-0.15, -0.1) is 0 Å². The fourth-order valence-electron chi connectivity index (χ4n) is 3.36. The normalized spacial score (nSPS) is 17.9. The predicted molar refractivity (Wildman–Crippen MR) is 87.2 cm³/mol. The summed E-state index contributed by atoms with van der Waals surface area (Å²) < 4.78 is 0. The molecular weight excluding hydrogens is 244 g/mol. The molecule has 2 heteroatoms. The van der Waals surface area contributed by atoms with Crippen molar-refractivity contribution in [3.63, 3.8) is 0 Å². The van der Waals surface area contributed by atoms with Crippen molar-refractivity contribution in [2.45, 2.75) is 58.5 Å². The van der Waals surface area contributed by atoms with Gasteiger partial charge in [-0.2, -0.15) is 0 Å². The molecule has 0 saturated heterocycles. The zero-order chi connectivity index (χ0) is 14.5. The lowest BCUT2D eigenvalue weighted by Crippen LogP contribution is -2.36. The average molecular weight is 274 g/mol. The van der Waals surface area contributed by atoms with Crippen molar-refractivity contribution in [2.24, 2.45) is 0 Å². The molecule has 2 rings (SSSR count). The number of aryl methyl sites for hydroxylation is 2. The molecule has 0 radical (unpaired) electrons. The molecule has 20 heavy (non-hydrogen) atoms. The van der Waals surface area contributed by atoms with Gasteiger partial charge >= 0.3 is 0 Å². The fraction of sp³-hybridized carbons (Fsp3) is 0.667. The lowest BCUT2D eigenvalue weighted by Gasteiger charge is -2.25. The summed E-state index contributed by atoms with van der Waals surface area (Å²) in [7, 11) is 2.28. The van der Waals surface area contributed by atoms with Gasteiger partial charge in [-0.3, -0.25) is 0 Å². The van der Waals surface area contributed by atoms with Crippen molar-refractivity contribution in [1.29, 1.82) is 0 Å². The van der Waals surface area contributed by atoms with E-state index in [1.54, 1.807) is 0 Å². The second-order valence-corrected chi connectivity index (χ2v) is 6.52. The molecule has 0 spiro atoms. The SMILES string of the molecule is Cc1cc(C)cc(C(C)NCCN(C)C2CCCC2)c1. The van der Waals surface area contributed by atoms with E-state index in [0.717, 1.165) is 19.1 Å². The molecule has 0 heterocycles. The van der Waals surface area contributed by atoms with Crippen LogP contribution >= 0.6 is 0 Å². The molecule has 1 aromatic rings. The van der Waals surface area contributed by atoms with E-state index in [2.05, 4.69) is 56.2 Å². The first kappa shape index (κ1) is 15.5. The highest BCUT2D eigenvalue weighted by atomic mass is 15.1. The maximum Gasteiger partial charge on any atom is 0.0292 e. The van der Waals surface area contributed by atoms with Gasteiger partial charge in [-0.25, -0.2) is 0 Å². The minimum Gasteiger partial charge on any atom is -0.309 e. The summed E-state index contributed by atoms with van der Waals surface area (Å²) >= 11 is 0. The summed E-state index contributed by atoms with van der Waals surface area (Å²) in [5.41, 5.74) is 4.12. The number of rotatable bonds is 6. The summed E-state index contributed by atoms with van der Waals surface area (Å²) in [6, 6.07) is 8.10. The molecule has 0 aromatic heterocycles. The highest BCUT2D eigenvalue weighted by Gasteiger charge is 2.19. The Labute approximate surface area is 124 Å². The third-order valence-corrected chi connectivity index (χ3v) is 4.61. The van der Waals surface area contributed by atoms with Gasteiger partial charge in [0.2, 0.25) is 0 Å². The summed E-state index contributed by atoms with van der Waals surface area (Å²) in [6.07, 6.45) is 5.62. The molecule has 1 aromatic carbocycles. The topological polar surface area (TPSA) is 15.3 Å². The van der Waals surface area contributed by atoms with Crippen LogP contribution in [0.15, 0.2) is 18.2 Å². The zero-order valence-corrected chi connectivity index (χ0v) is 13.6. The molecule has 1 N–H and O–H groups in total. The highest BCUT2D eigenvalue weighted by molar-refractivity contribution is 5.30. The zero-order valence-electron chi connectivity index (χ0n) is 13.6. The average Bonchev–Trinajstić information content (AvgIpc) is 2.91. The Balaban J connectivity index is 1.78. The van der Waals surface area contributed by atoms with Crippen molar-refractivity contribution in [2.75, 3.05) is 20.1 Å². The highest BCUT2D eigenvalue weighted by Crippen LogP contribution is 2.22. The summed E-state index contributed by atoms with van der Waals surface area (Å²) in [5, 5.41) is 3.67. The summed E-state index contributed by atoms with van der Waals surface area (Å²) in [5.74, 6) is 0. The van der Waals surface area contributed by atoms with E-state index in [0.29, 0.717) is 6.04 Å². The third kappa shape index (κ3) is 4.32. The molecule has 1 fully saturated rings. The van der Waals surface area contributed by atoms with Crippen LogP contribution in [0.2, 0.25) is 0 Å². The molecule has 112 valence electrons. The lowest BCUT2D eigenvalue weighted by atomic mass is 10.0. The van der Waals surface area contributed by atoms with Gasteiger partial charge in [-0.1, -0.05) is 42.2 Å². The Morgan fingerprint density at radius 3 is 2.35 bits per heavy atom. The molecular formula is C18H30N2. The van der Waals surface area contributed by atoms with E-state index in [1.807, 2.05) is 0 Å². The first-order valence-corrected chi connectivity index (χ1v) is 8.08. The number of likely N-dealkylation sites (N-methyl/N-ethyl adjacent to an activating group) is 1. The minimum atomic E-state index is 0.436. The van der Waals surface area contributed by atoms with Gasteiger partial charge in [0, 0.05) is 25.2 Å². The molecule has 1 aliphatic carbocycles. The van der Waals surface area contributed by atoms with Gasteiger partial charge in [0.05, 0.1) is 0 Å². The standard InChI is InChI=1S/C18H30N2/c1-14-11-15(2)13-17(12-14)16(3)19-9-10-20(4)18-7-5-6-8-18/h11-13,16,18-19H,5-10H2,1-4H3. The number of hydrogen-bond donors (Lipinski definition) is 1. The van der Waals surface area contributed by atoms with Crippen molar-refractivity contribution < 1.29 is 0 Å². The minimum absolute atomic E-state index is 0.436. The monoisotopic (exact) mass is 274 g/mol. The van der Waals surface area contributed by atoms with E-state index in [4.69, 9.17) is 0 Å². The molecule has 0 aliphatic heterocycles. The van der Waals surface area contributed by atoms with Crippen LogP contribution in [-0.2, 0) is 0 Å². The third-order valence-electron chi connectivity index (χ3n) is 4.61. The van der Waals surface area contributed by atoms with Crippen molar-refractivity contribution in [1.82, 2.24) is 10.2 Å². The maximum atomic E-state index is 3.67.